The highest BCUT2D eigenvalue weighted by molar-refractivity contribution is 6.31. The third-order valence-corrected chi connectivity index (χ3v) is 3.19. The predicted octanol–water partition coefficient (Wildman–Crippen LogP) is 2.62. The van der Waals surface area contributed by atoms with E-state index in [9.17, 15) is 0 Å². The summed E-state index contributed by atoms with van der Waals surface area (Å²) in [5.41, 5.74) is 12.5. The largest absolute Gasteiger partial charge is 0.454 e. The first kappa shape index (κ1) is 15.4. The van der Waals surface area contributed by atoms with Crippen LogP contribution in [0.15, 0.2) is 12.1 Å². The van der Waals surface area contributed by atoms with Gasteiger partial charge in [-0.25, -0.2) is 0 Å². The normalized spacial score (nSPS) is 14.2. The molecule has 1 aliphatic rings. The number of benzene rings is 1. The van der Waals surface area contributed by atoms with Gasteiger partial charge in [-0.15, -0.1) is 12.4 Å². The number of unbranched alkanes of at least 4 members (excludes halogenated alkanes) is 1. The van der Waals surface area contributed by atoms with Gasteiger partial charge in [0.1, 0.15) is 0 Å². The zero-order chi connectivity index (χ0) is 12.3. The second-order valence-corrected chi connectivity index (χ2v) is 4.53. The van der Waals surface area contributed by atoms with Crippen molar-refractivity contribution in [1.29, 1.82) is 0 Å². The highest BCUT2D eigenvalue weighted by Gasteiger charge is 2.19. The summed E-state index contributed by atoms with van der Waals surface area (Å²) in [5, 5.41) is 0.634. The minimum Gasteiger partial charge on any atom is -0.454 e. The average molecular weight is 293 g/mol. The lowest BCUT2D eigenvalue weighted by atomic mass is 10.0. The van der Waals surface area contributed by atoms with Crippen LogP contribution in [0.2, 0.25) is 5.02 Å². The number of hydrogen-bond donors (Lipinski definition) is 2. The average Bonchev–Trinajstić information content (AvgIpc) is 2.75. The van der Waals surface area contributed by atoms with Crippen LogP contribution in [-0.2, 0) is 0 Å². The van der Waals surface area contributed by atoms with Gasteiger partial charge in [0, 0.05) is 17.1 Å². The van der Waals surface area contributed by atoms with E-state index in [1.165, 1.54) is 0 Å². The molecule has 0 unspecified atom stereocenters. The molecule has 6 heteroatoms. The molecule has 102 valence electrons. The Kier molecular flexibility index (Phi) is 6.02. The van der Waals surface area contributed by atoms with Gasteiger partial charge in [0.25, 0.3) is 0 Å². The molecule has 1 heterocycles. The van der Waals surface area contributed by atoms with Crippen molar-refractivity contribution in [1.82, 2.24) is 0 Å². The lowest BCUT2D eigenvalue weighted by molar-refractivity contribution is 0.174. The van der Waals surface area contributed by atoms with Crippen molar-refractivity contribution in [3.8, 4) is 11.5 Å². The number of rotatable bonds is 5. The van der Waals surface area contributed by atoms with Crippen molar-refractivity contribution in [3.05, 3.63) is 22.7 Å². The lowest BCUT2D eigenvalue weighted by Crippen LogP contribution is -2.11. The van der Waals surface area contributed by atoms with E-state index in [4.69, 9.17) is 32.5 Å². The maximum absolute atomic E-state index is 6.18. The van der Waals surface area contributed by atoms with E-state index in [-0.39, 0.29) is 25.2 Å². The van der Waals surface area contributed by atoms with Crippen LogP contribution in [0.5, 0.6) is 11.5 Å². The Morgan fingerprint density at radius 2 is 1.89 bits per heavy atom. The van der Waals surface area contributed by atoms with Crippen molar-refractivity contribution in [3.63, 3.8) is 0 Å². The molecule has 4 nitrogen and oxygen atoms in total. The summed E-state index contributed by atoms with van der Waals surface area (Å²) in [6, 6.07) is 3.56. The zero-order valence-corrected chi connectivity index (χ0v) is 11.6. The number of fused-ring (bicyclic) bond motifs is 1. The molecule has 1 aliphatic heterocycles. The smallest absolute Gasteiger partial charge is 0.231 e. The molecule has 1 aromatic carbocycles. The summed E-state index contributed by atoms with van der Waals surface area (Å²) in [6.45, 7) is 0.944. The van der Waals surface area contributed by atoms with Crippen LogP contribution < -0.4 is 20.9 Å². The molecule has 2 rings (SSSR count). The van der Waals surface area contributed by atoms with Gasteiger partial charge in [0.15, 0.2) is 11.5 Å². The van der Waals surface area contributed by atoms with Crippen LogP contribution in [-0.4, -0.2) is 13.3 Å². The standard InChI is InChI=1S/C12H17ClN2O2.ClH/c13-9-6-12-11(16-7-17-12)5-8(9)10(15)3-1-2-4-14;/h5-6,10H,1-4,7,14-15H2;1H/t10-;/m0./s1. The van der Waals surface area contributed by atoms with E-state index in [0.717, 1.165) is 30.6 Å². The van der Waals surface area contributed by atoms with Crippen molar-refractivity contribution in [2.24, 2.45) is 11.5 Å². The Bertz CT molecular complexity index is 402. The van der Waals surface area contributed by atoms with E-state index in [0.29, 0.717) is 17.3 Å². The predicted molar refractivity (Wildman–Crippen MR) is 74.7 cm³/mol. The van der Waals surface area contributed by atoms with E-state index in [1.54, 1.807) is 6.07 Å². The molecule has 18 heavy (non-hydrogen) atoms. The first-order valence-electron chi connectivity index (χ1n) is 5.77. The van der Waals surface area contributed by atoms with Crippen molar-refractivity contribution in [2.75, 3.05) is 13.3 Å². The fraction of sp³-hybridized carbons (Fsp3) is 0.500. The van der Waals surface area contributed by atoms with Gasteiger partial charge in [-0.1, -0.05) is 18.0 Å². The summed E-state index contributed by atoms with van der Waals surface area (Å²) in [6.07, 6.45) is 2.86. The lowest BCUT2D eigenvalue weighted by Gasteiger charge is -2.14. The molecule has 0 saturated carbocycles. The van der Waals surface area contributed by atoms with Crippen molar-refractivity contribution >= 4 is 24.0 Å². The Morgan fingerprint density at radius 3 is 2.56 bits per heavy atom. The minimum atomic E-state index is -0.0800. The van der Waals surface area contributed by atoms with Gasteiger partial charge in [-0.3, -0.25) is 0 Å². The van der Waals surface area contributed by atoms with E-state index in [2.05, 4.69) is 0 Å². The highest BCUT2D eigenvalue weighted by atomic mass is 35.5. The number of hydrogen-bond acceptors (Lipinski definition) is 4. The minimum absolute atomic E-state index is 0. The third kappa shape index (κ3) is 3.42. The Hall–Kier alpha value is -0.680. The second kappa shape index (κ2) is 7.04. The Morgan fingerprint density at radius 1 is 1.22 bits per heavy atom. The van der Waals surface area contributed by atoms with Gasteiger partial charge < -0.3 is 20.9 Å². The van der Waals surface area contributed by atoms with Gasteiger partial charge in [-0.2, -0.15) is 0 Å². The monoisotopic (exact) mass is 292 g/mol. The van der Waals surface area contributed by atoms with Crippen LogP contribution in [0, 0.1) is 0 Å². The Labute approximate surface area is 118 Å². The maximum atomic E-state index is 6.18. The molecular formula is C12H18Cl2N2O2. The number of halogens is 2. The molecule has 1 atom stereocenters. The van der Waals surface area contributed by atoms with Crippen LogP contribution in [0.4, 0.5) is 0 Å². The molecule has 0 spiro atoms. The van der Waals surface area contributed by atoms with Gasteiger partial charge in [0.05, 0.1) is 0 Å². The summed E-state index contributed by atoms with van der Waals surface area (Å²) >= 11 is 6.18. The molecule has 0 fully saturated rings. The van der Waals surface area contributed by atoms with Gasteiger partial charge in [0.2, 0.25) is 6.79 Å². The molecule has 0 aliphatic carbocycles. The first-order chi connectivity index (χ1) is 8.22. The topological polar surface area (TPSA) is 70.5 Å². The molecule has 0 amide bonds. The molecular weight excluding hydrogens is 275 g/mol. The quantitative estimate of drug-likeness (QED) is 0.819. The SMILES string of the molecule is Cl.NCCCC[C@H](N)c1cc2c(cc1Cl)OCO2. The maximum Gasteiger partial charge on any atom is 0.231 e. The van der Waals surface area contributed by atoms with E-state index in [1.807, 2.05) is 6.07 Å². The van der Waals surface area contributed by atoms with Crippen molar-refractivity contribution in [2.45, 2.75) is 25.3 Å². The molecule has 0 saturated heterocycles. The molecule has 4 N–H and O–H groups in total. The van der Waals surface area contributed by atoms with Crippen LogP contribution in [0.25, 0.3) is 0 Å². The van der Waals surface area contributed by atoms with Crippen LogP contribution in [0.3, 0.4) is 0 Å². The van der Waals surface area contributed by atoms with E-state index >= 15 is 0 Å². The van der Waals surface area contributed by atoms with Gasteiger partial charge in [-0.05, 0) is 31.0 Å². The molecule has 0 aromatic heterocycles. The second-order valence-electron chi connectivity index (χ2n) is 4.12. The summed E-state index contributed by atoms with van der Waals surface area (Å²) in [7, 11) is 0. The summed E-state index contributed by atoms with van der Waals surface area (Å²) in [4.78, 5) is 0. The highest BCUT2D eigenvalue weighted by Crippen LogP contribution is 2.39. The van der Waals surface area contributed by atoms with E-state index < -0.39 is 0 Å². The van der Waals surface area contributed by atoms with Crippen LogP contribution in [0.1, 0.15) is 30.9 Å². The molecule has 1 aromatic rings. The van der Waals surface area contributed by atoms with Crippen molar-refractivity contribution < 1.29 is 9.47 Å². The number of nitrogens with two attached hydrogens (primary N) is 2. The zero-order valence-electron chi connectivity index (χ0n) is 10.0. The molecule has 0 bridgehead atoms. The fourth-order valence-electron chi connectivity index (χ4n) is 1.88. The molecule has 0 radical (unpaired) electrons. The van der Waals surface area contributed by atoms with Gasteiger partial charge >= 0.3 is 0 Å². The first-order valence-corrected chi connectivity index (χ1v) is 6.15. The summed E-state index contributed by atoms with van der Waals surface area (Å²) < 4.78 is 10.6. The number of ether oxygens (including phenoxy) is 2. The fourth-order valence-corrected chi connectivity index (χ4v) is 2.17. The van der Waals surface area contributed by atoms with Crippen LogP contribution >= 0.6 is 24.0 Å². The third-order valence-electron chi connectivity index (χ3n) is 2.86. The Balaban J connectivity index is 0.00000162. The summed E-state index contributed by atoms with van der Waals surface area (Å²) in [5.74, 6) is 1.41.